The van der Waals surface area contributed by atoms with E-state index in [1.807, 2.05) is 10.9 Å². The molecule has 27 heavy (non-hydrogen) atoms. The molecule has 2 heterocycles. The molecule has 0 aliphatic carbocycles. The van der Waals surface area contributed by atoms with E-state index >= 15 is 0 Å². The average molecular weight is 387 g/mol. The molecule has 9 heteroatoms. The average Bonchev–Trinajstić information content (AvgIpc) is 3.11. The van der Waals surface area contributed by atoms with E-state index in [9.17, 15) is 15.3 Å². The van der Waals surface area contributed by atoms with Gasteiger partial charge in [0.1, 0.15) is 24.0 Å². The predicted molar refractivity (Wildman–Crippen MR) is 96.8 cm³/mol. The Hall–Kier alpha value is -1.10. The number of rotatable bonds is 11. The van der Waals surface area contributed by atoms with E-state index in [2.05, 4.69) is 24.2 Å². The Bertz CT molecular complexity index is 541. The molecule has 1 aromatic rings. The fraction of sp³-hybridized carbons (Fsp3) is 0.889. The third-order valence-electron chi connectivity index (χ3n) is 4.61. The van der Waals surface area contributed by atoms with Crippen molar-refractivity contribution in [3.8, 4) is 0 Å². The molecular formula is C18H33N3O6. The third kappa shape index (κ3) is 6.78. The molecule has 1 aliphatic rings. The molecule has 1 fully saturated rings. The van der Waals surface area contributed by atoms with Crippen molar-refractivity contribution < 1.29 is 29.5 Å². The van der Waals surface area contributed by atoms with Gasteiger partial charge in [-0.3, -0.25) is 0 Å². The second-order valence-corrected chi connectivity index (χ2v) is 7.30. The number of ether oxygens (including phenoxy) is 3. The van der Waals surface area contributed by atoms with Crippen LogP contribution < -0.4 is 0 Å². The summed E-state index contributed by atoms with van der Waals surface area (Å²) >= 11 is 0. The summed E-state index contributed by atoms with van der Waals surface area (Å²) in [5.41, 5.74) is 0.838. The summed E-state index contributed by atoms with van der Waals surface area (Å²) in [7, 11) is 0. The highest BCUT2D eigenvalue weighted by Gasteiger charge is 2.42. The molecule has 0 radical (unpaired) electrons. The maximum atomic E-state index is 9.86. The van der Waals surface area contributed by atoms with Crippen molar-refractivity contribution in [2.24, 2.45) is 0 Å². The monoisotopic (exact) mass is 387 g/mol. The quantitative estimate of drug-likeness (QED) is 0.477. The number of nitrogens with zero attached hydrogens (tertiary/aromatic N) is 3. The lowest BCUT2D eigenvalue weighted by Crippen LogP contribution is -2.57. The molecule has 1 aromatic heterocycles. The van der Waals surface area contributed by atoms with Crippen LogP contribution in [-0.2, 0) is 20.8 Å². The van der Waals surface area contributed by atoms with Crippen LogP contribution in [0, 0.1) is 0 Å². The van der Waals surface area contributed by atoms with E-state index in [-0.39, 0.29) is 0 Å². The highest BCUT2D eigenvalue weighted by atomic mass is 16.7. The summed E-state index contributed by atoms with van der Waals surface area (Å²) in [5.74, 6) is 0. The minimum Gasteiger partial charge on any atom is -0.388 e. The molecule has 5 atom stereocenters. The van der Waals surface area contributed by atoms with Crippen molar-refractivity contribution in [3.63, 3.8) is 0 Å². The highest BCUT2D eigenvalue weighted by molar-refractivity contribution is 4.90. The van der Waals surface area contributed by atoms with Crippen molar-refractivity contribution in [2.45, 2.75) is 89.8 Å². The van der Waals surface area contributed by atoms with Gasteiger partial charge in [-0.05, 0) is 33.6 Å². The Morgan fingerprint density at radius 2 is 1.78 bits per heavy atom. The predicted octanol–water partition coefficient (Wildman–Crippen LogP) is 0.780. The third-order valence-corrected chi connectivity index (χ3v) is 4.61. The van der Waals surface area contributed by atoms with Crippen molar-refractivity contribution in [1.82, 2.24) is 15.0 Å². The van der Waals surface area contributed by atoms with Crippen LogP contribution >= 0.6 is 0 Å². The molecular weight excluding hydrogens is 354 g/mol. The zero-order valence-electron chi connectivity index (χ0n) is 16.4. The summed E-state index contributed by atoms with van der Waals surface area (Å²) in [6.45, 7) is 7.31. The molecule has 1 saturated heterocycles. The van der Waals surface area contributed by atoms with Crippen LogP contribution in [-0.4, -0.2) is 74.2 Å². The van der Waals surface area contributed by atoms with Crippen molar-refractivity contribution in [3.05, 3.63) is 11.9 Å². The molecule has 9 nitrogen and oxygen atoms in total. The molecule has 2 rings (SSSR count). The van der Waals surface area contributed by atoms with Crippen molar-refractivity contribution in [2.75, 3.05) is 13.2 Å². The van der Waals surface area contributed by atoms with Crippen LogP contribution in [0.15, 0.2) is 6.20 Å². The number of hydrogen-bond donors (Lipinski definition) is 3. The second kappa shape index (κ2) is 11.0. The first-order valence-electron chi connectivity index (χ1n) is 9.70. The second-order valence-electron chi connectivity index (χ2n) is 7.30. The minimum absolute atomic E-state index is 0.296. The maximum absolute atomic E-state index is 9.86. The van der Waals surface area contributed by atoms with Crippen molar-refractivity contribution in [1.29, 1.82) is 0 Å². The Balaban J connectivity index is 1.48. The zero-order chi connectivity index (χ0) is 19.8. The lowest BCUT2D eigenvalue weighted by molar-refractivity contribution is -0.293. The Morgan fingerprint density at radius 3 is 2.44 bits per heavy atom. The van der Waals surface area contributed by atoms with E-state index in [0.717, 1.165) is 31.4 Å². The van der Waals surface area contributed by atoms with Gasteiger partial charge in [0.2, 0.25) is 0 Å². The van der Waals surface area contributed by atoms with E-state index in [0.29, 0.717) is 25.9 Å². The van der Waals surface area contributed by atoms with E-state index in [1.165, 1.54) is 0 Å². The molecule has 1 aliphatic heterocycles. The van der Waals surface area contributed by atoms with Crippen molar-refractivity contribution >= 4 is 0 Å². The van der Waals surface area contributed by atoms with Crippen LogP contribution in [0.2, 0.25) is 0 Å². The minimum atomic E-state index is -1.25. The topological polar surface area (TPSA) is 119 Å². The van der Waals surface area contributed by atoms with Crippen LogP contribution in [0.5, 0.6) is 0 Å². The van der Waals surface area contributed by atoms with Gasteiger partial charge in [0.05, 0.1) is 18.9 Å². The summed E-state index contributed by atoms with van der Waals surface area (Å²) in [6, 6.07) is 0.296. The Kier molecular flexibility index (Phi) is 9.07. The van der Waals surface area contributed by atoms with Gasteiger partial charge in [0.15, 0.2) is 6.29 Å². The standard InChI is InChI=1S/C18H33N3O6/c1-12(2)21-10-14(19-20-21)11-25-8-6-4-5-7-9-26-18-17(24)16(23)15(22)13(3)27-18/h10,12-13,15-18,22-24H,4-9,11H2,1-3H3/t13?,15-,16?,17?,18-/m1/s1. The first-order valence-corrected chi connectivity index (χ1v) is 9.70. The number of aromatic nitrogens is 3. The van der Waals surface area contributed by atoms with Crippen LogP contribution in [0.4, 0.5) is 0 Å². The SMILES string of the molecule is CC1O[C@@H](OCCCCCCOCc2cn(C(C)C)nn2)C(O)C(O)[C@@H]1O. The molecule has 0 bridgehead atoms. The van der Waals surface area contributed by atoms with Gasteiger partial charge in [-0.15, -0.1) is 5.10 Å². The number of aliphatic hydroxyl groups excluding tert-OH is 3. The van der Waals surface area contributed by atoms with Gasteiger partial charge in [0, 0.05) is 19.3 Å². The van der Waals surface area contributed by atoms with Gasteiger partial charge < -0.3 is 29.5 Å². The fourth-order valence-electron chi connectivity index (χ4n) is 2.82. The smallest absolute Gasteiger partial charge is 0.186 e. The summed E-state index contributed by atoms with van der Waals surface area (Å²) in [5, 5.41) is 37.3. The number of unbranched alkanes of at least 4 members (excludes halogenated alkanes) is 3. The molecule has 0 aromatic carbocycles. The van der Waals surface area contributed by atoms with E-state index in [1.54, 1.807) is 6.92 Å². The molecule has 0 spiro atoms. The summed E-state index contributed by atoms with van der Waals surface area (Å²) in [4.78, 5) is 0. The lowest BCUT2D eigenvalue weighted by Gasteiger charge is -2.38. The fourth-order valence-corrected chi connectivity index (χ4v) is 2.82. The maximum Gasteiger partial charge on any atom is 0.186 e. The molecule has 3 unspecified atom stereocenters. The number of hydrogen-bond acceptors (Lipinski definition) is 8. The van der Waals surface area contributed by atoms with Crippen LogP contribution in [0.25, 0.3) is 0 Å². The van der Waals surface area contributed by atoms with Crippen LogP contribution in [0.3, 0.4) is 0 Å². The Labute approximate surface area is 160 Å². The van der Waals surface area contributed by atoms with Crippen LogP contribution in [0.1, 0.15) is 58.2 Å². The van der Waals surface area contributed by atoms with Gasteiger partial charge in [-0.25, -0.2) is 4.68 Å². The largest absolute Gasteiger partial charge is 0.388 e. The molecule has 0 amide bonds. The van der Waals surface area contributed by atoms with E-state index < -0.39 is 30.7 Å². The molecule has 156 valence electrons. The highest BCUT2D eigenvalue weighted by Crippen LogP contribution is 2.22. The molecule has 0 saturated carbocycles. The van der Waals surface area contributed by atoms with Gasteiger partial charge in [-0.2, -0.15) is 0 Å². The number of aliphatic hydroxyl groups is 3. The van der Waals surface area contributed by atoms with Gasteiger partial charge in [0.25, 0.3) is 0 Å². The first-order chi connectivity index (χ1) is 12.9. The summed E-state index contributed by atoms with van der Waals surface area (Å²) in [6.07, 6.45) is 0.579. The van der Waals surface area contributed by atoms with E-state index in [4.69, 9.17) is 14.2 Å². The summed E-state index contributed by atoms with van der Waals surface area (Å²) < 4.78 is 18.3. The van der Waals surface area contributed by atoms with Gasteiger partial charge in [-0.1, -0.05) is 18.1 Å². The molecule has 3 N–H and O–H groups in total. The zero-order valence-corrected chi connectivity index (χ0v) is 16.4. The van der Waals surface area contributed by atoms with Gasteiger partial charge >= 0.3 is 0 Å². The lowest BCUT2D eigenvalue weighted by atomic mass is 10.0. The first kappa shape index (κ1) is 22.2. The normalized spacial score (nSPS) is 28.8. The Morgan fingerprint density at radius 1 is 1.07 bits per heavy atom.